The van der Waals surface area contributed by atoms with E-state index in [-0.39, 0.29) is 5.41 Å². The Morgan fingerprint density at radius 3 is 2.40 bits per heavy atom. The summed E-state index contributed by atoms with van der Waals surface area (Å²) in [6.07, 6.45) is 2.35. The van der Waals surface area contributed by atoms with Crippen LogP contribution in [-0.4, -0.2) is 29.6 Å². The highest BCUT2D eigenvalue weighted by molar-refractivity contribution is 5.50. The van der Waals surface area contributed by atoms with Crippen LogP contribution in [0.1, 0.15) is 60.2 Å². The van der Waals surface area contributed by atoms with Crippen LogP contribution in [0.2, 0.25) is 0 Å². The Labute approximate surface area is 124 Å². The first-order valence-corrected chi connectivity index (χ1v) is 7.65. The summed E-state index contributed by atoms with van der Waals surface area (Å²) in [6, 6.07) is 2.53. The van der Waals surface area contributed by atoms with Gasteiger partial charge in [-0.05, 0) is 20.3 Å². The molecular weight excluding hydrogens is 248 g/mol. The Kier molecular flexibility index (Phi) is 5.78. The maximum atomic E-state index is 4.76. The molecular formula is C16H30N4. The van der Waals surface area contributed by atoms with Crippen molar-refractivity contribution in [1.29, 1.82) is 0 Å². The number of nitrogens with zero attached hydrogens (tertiary/aromatic N) is 3. The standard InChI is InChI=1S/C16H30N4/c1-8-10-12(3)20(7)14-11-13(17-9-2)18-15(19-14)16(4,5)6/h11-12H,8-10H2,1-7H3,(H,17,18,19). The van der Waals surface area contributed by atoms with E-state index in [1.165, 1.54) is 12.8 Å². The second-order valence-corrected chi connectivity index (χ2v) is 6.46. The zero-order valence-corrected chi connectivity index (χ0v) is 14.1. The quantitative estimate of drug-likeness (QED) is 0.858. The van der Waals surface area contributed by atoms with Crippen molar-refractivity contribution in [1.82, 2.24) is 9.97 Å². The molecule has 20 heavy (non-hydrogen) atoms. The van der Waals surface area contributed by atoms with Crippen molar-refractivity contribution in [3.8, 4) is 0 Å². The van der Waals surface area contributed by atoms with Crippen LogP contribution in [0.3, 0.4) is 0 Å². The summed E-state index contributed by atoms with van der Waals surface area (Å²) in [7, 11) is 2.12. The van der Waals surface area contributed by atoms with Crippen LogP contribution >= 0.6 is 0 Å². The van der Waals surface area contributed by atoms with Gasteiger partial charge in [-0.3, -0.25) is 0 Å². The van der Waals surface area contributed by atoms with Gasteiger partial charge in [0.2, 0.25) is 0 Å². The van der Waals surface area contributed by atoms with Crippen molar-refractivity contribution < 1.29 is 0 Å². The summed E-state index contributed by atoms with van der Waals surface area (Å²) in [5, 5.41) is 3.31. The molecule has 1 aromatic heterocycles. The highest BCUT2D eigenvalue weighted by atomic mass is 15.2. The summed E-state index contributed by atoms with van der Waals surface area (Å²) in [6.45, 7) is 13.9. The van der Waals surface area contributed by atoms with E-state index < -0.39 is 0 Å². The molecule has 1 aromatic rings. The van der Waals surface area contributed by atoms with E-state index >= 15 is 0 Å². The van der Waals surface area contributed by atoms with Crippen LogP contribution in [0.15, 0.2) is 6.07 Å². The molecule has 0 amide bonds. The second-order valence-electron chi connectivity index (χ2n) is 6.46. The summed E-state index contributed by atoms with van der Waals surface area (Å²) in [5.41, 5.74) is -0.0466. The number of hydrogen-bond acceptors (Lipinski definition) is 4. The van der Waals surface area contributed by atoms with E-state index in [1.807, 2.05) is 6.07 Å². The third-order valence-electron chi connectivity index (χ3n) is 3.47. The van der Waals surface area contributed by atoms with Crippen molar-refractivity contribution in [2.45, 2.75) is 65.8 Å². The Morgan fingerprint density at radius 2 is 1.90 bits per heavy atom. The Balaban J connectivity index is 3.14. The van der Waals surface area contributed by atoms with Crippen LogP contribution in [0.25, 0.3) is 0 Å². The van der Waals surface area contributed by atoms with Gasteiger partial charge in [-0.15, -0.1) is 0 Å². The van der Waals surface area contributed by atoms with Gasteiger partial charge in [-0.25, -0.2) is 9.97 Å². The minimum absolute atomic E-state index is 0.0466. The number of aromatic nitrogens is 2. The lowest BCUT2D eigenvalue weighted by Crippen LogP contribution is -2.30. The Morgan fingerprint density at radius 1 is 1.25 bits per heavy atom. The molecule has 1 heterocycles. The number of hydrogen-bond donors (Lipinski definition) is 1. The zero-order chi connectivity index (χ0) is 15.3. The fourth-order valence-electron chi connectivity index (χ4n) is 2.06. The Bertz CT molecular complexity index is 423. The third kappa shape index (κ3) is 4.36. The first-order chi connectivity index (χ1) is 9.29. The van der Waals surface area contributed by atoms with E-state index in [4.69, 9.17) is 4.98 Å². The SMILES string of the molecule is CCCC(C)N(C)c1cc(NCC)nc(C(C)(C)C)n1. The second kappa shape index (κ2) is 6.91. The average molecular weight is 278 g/mol. The predicted molar refractivity (Wildman–Crippen MR) is 87.7 cm³/mol. The molecule has 1 N–H and O–H groups in total. The van der Waals surface area contributed by atoms with E-state index in [9.17, 15) is 0 Å². The van der Waals surface area contributed by atoms with E-state index in [0.717, 1.165) is 24.0 Å². The smallest absolute Gasteiger partial charge is 0.138 e. The molecule has 0 bridgehead atoms. The molecule has 0 aliphatic rings. The molecule has 1 rings (SSSR count). The Hall–Kier alpha value is -1.32. The van der Waals surface area contributed by atoms with E-state index in [0.29, 0.717) is 6.04 Å². The van der Waals surface area contributed by atoms with Gasteiger partial charge in [0.15, 0.2) is 0 Å². The topological polar surface area (TPSA) is 41.0 Å². The lowest BCUT2D eigenvalue weighted by atomic mass is 9.95. The van der Waals surface area contributed by atoms with Crippen LogP contribution < -0.4 is 10.2 Å². The largest absolute Gasteiger partial charge is 0.370 e. The maximum Gasteiger partial charge on any atom is 0.138 e. The minimum atomic E-state index is -0.0466. The summed E-state index contributed by atoms with van der Waals surface area (Å²) < 4.78 is 0. The average Bonchev–Trinajstić information content (AvgIpc) is 2.37. The highest BCUT2D eigenvalue weighted by Crippen LogP contribution is 2.25. The fraction of sp³-hybridized carbons (Fsp3) is 0.750. The van der Waals surface area contributed by atoms with Gasteiger partial charge in [0.25, 0.3) is 0 Å². The summed E-state index contributed by atoms with van der Waals surface area (Å²) in [5.74, 6) is 2.81. The first-order valence-electron chi connectivity index (χ1n) is 7.65. The number of anilines is 2. The van der Waals surface area contributed by atoms with Crippen LogP contribution in [0.4, 0.5) is 11.6 Å². The monoisotopic (exact) mass is 278 g/mol. The van der Waals surface area contributed by atoms with Crippen LogP contribution in [0.5, 0.6) is 0 Å². The number of rotatable bonds is 6. The normalized spacial score (nSPS) is 13.2. The van der Waals surface area contributed by atoms with E-state index in [1.54, 1.807) is 0 Å². The molecule has 114 valence electrons. The zero-order valence-electron chi connectivity index (χ0n) is 14.1. The molecule has 0 aliphatic heterocycles. The molecule has 0 aliphatic carbocycles. The molecule has 0 saturated heterocycles. The van der Waals surface area contributed by atoms with Crippen molar-refractivity contribution in [3.63, 3.8) is 0 Å². The summed E-state index contributed by atoms with van der Waals surface area (Å²) in [4.78, 5) is 11.6. The van der Waals surface area contributed by atoms with Crippen molar-refractivity contribution in [3.05, 3.63) is 11.9 Å². The molecule has 4 nitrogen and oxygen atoms in total. The van der Waals surface area contributed by atoms with E-state index in [2.05, 4.69) is 63.8 Å². The lowest BCUT2D eigenvalue weighted by Gasteiger charge is -2.28. The molecule has 1 unspecified atom stereocenters. The van der Waals surface area contributed by atoms with Crippen LogP contribution in [0, 0.1) is 0 Å². The van der Waals surface area contributed by atoms with Gasteiger partial charge in [-0.1, -0.05) is 34.1 Å². The van der Waals surface area contributed by atoms with Gasteiger partial charge < -0.3 is 10.2 Å². The molecule has 0 fully saturated rings. The fourth-order valence-corrected chi connectivity index (χ4v) is 2.06. The van der Waals surface area contributed by atoms with Crippen LogP contribution in [-0.2, 0) is 5.41 Å². The van der Waals surface area contributed by atoms with Crippen molar-refractivity contribution >= 4 is 11.6 Å². The third-order valence-corrected chi connectivity index (χ3v) is 3.47. The maximum absolute atomic E-state index is 4.76. The van der Waals surface area contributed by atoms with Crippen molar-refractivity contribution in [2.75, 3.05) is 23.8 Å². The summed E-state index contributed by atoms with van der Waals surface area (Å²) >= 11 is 0. The van der Waals surface area contributed by atoms with Gasteiger partial charge in [0, 0.05) is 31.1 Å². The highest BCUT2D eigenvalue weighted by Gasteiger charge is 2.21. The van der Waals surface area contributed by atoms with Gasteiger partial charge in [0.05, 0.1) is 0 Å². The molecule has 0 spiro atoms. The van der Waals surface area contributed by atoms with Gasteiger partial charge >= 0.3 is 0 Å². The first kappa shape index (κ1) is 16.7. The van der Waals surface area contributed by atoms with Gasteiger partial charge in [-0.2, -0.15) is 0 Å². The minimum Gasteiger partial charge on any atom is -0.370 e. The molecule has 0 saturated carbocycles. The lowest BCUT2D eigenvalue weighted by molar-refractivity contribution is 0.541. The number of nitrogens with one attached hydrogen (secondary N) is 1. The van der Waals surface area contributed by atoms with Gasteiger partial charge in [0.1, 0.15) is 17.5 Å². The molecule has 1 atom stereocenters. The molecule has 0 radical (unpaired) electrons. The molecule has 4 heteroatoms. The van der Waals surface area contributed by atoms with Crippen molar-refractivity contribution in [2.24, 2.45) is 0 Å². The predicted octanol–water partition coefficient (Wildman–Crippen LogP) is 3.83. The molecule has 0 aromatic carbocycles.